The van der Waals surface area contributed by atoms with Gasteiger partial charge in [-0.2, -0.15) is 5.10 Å². The summed E-state index contributed by atoms with van der Waals surface area (Å²) in [6.07, 6.45) is 5.67. The standard InChI is InChI=1S/C18H16FN7O/c1-27-16-8-15(21-10-22-16)25-6-4-12-17(23-9-20-12)18(25)13-7-14-11(19)3-2-5-26(14)24-13/h2-3,5,7-10,18H,4,6H2,1H3,(H,20,23)/t18-/m0/s1. The van der Waals surface area contributed by atoms with Crippen molar-refractivity contribution >= 4 is 11.3 Å². The summed E-state index contributed by atoms with van der Waals surface area (Å²) >= 11 is 0. The number of pyridine rings is 1. The Morgan fingerprint density at radius 1 is 1.26 bits per heavy atom. The van der Waals surface area contributed by atoms with E-state index in [1.54, 1.807) is 42.3 Å². The molecule has 0 saturated heterocycles. The van der Waals surface area contributed by atoms with Crippen molar-refractivity contribution in [3.63, 3.8) is 0 Å². The Morgan fingerprint density at radius 3 is 3.04 bits per heavy atom. The molecule has 5 heterocycles. The second kappa shape index (κ2) is 6.04. The minimum absolute atomic E-state index is 0.293. The normalized spacial score (nSPS) is 16.5. The Morgan fingerprint density at radius 2 is 2.19 bits per heavy atom. The molecule has 9 heteroatoms. The molecule has 0 aromatic carbocycles. The zero-order valence-corrected chi connectivity index (χ0v) is 14.5. The third kappa shape index (κ3) is 2.50. The predicted molar refractivity (Wildman–Crippen MR) is 95.2 cm³/mol. The second-order valence-corrected chi connectivity index (χ2v) is 6.29. The maximum absolute atomic E-state index is 14.2. The van der Waals surface area contributed by atoms with Crippen LogP contribution >= 0.6 is 0 Å². The molecule has 1 aliphatic heterocycles. The summed E-state index contributed by atoms with van der Waals surface area (Å²) in [6.45, 7) is 0.705. The summed E-state index contributed by atoms with van der Waals surface area (Å²) in [5, 5.41) is 4.60. The number of hydrogen-bond donors (Lipinski definition) is 1. The molecule has 0 unspecified atom stereocenters. The van der Waals surface area contributed by atoms with E-state index in [9.17, 15) is 4.39 Å². The third-order valence-electron chi connectivity index (χ3n) is 4.81. The zero-order valence-electron chi connectivity index (χ0n) is 14.5. The van der Waals surface area contributed by atoms with Crippen molar-refractivity contribution in [2.45, 2.75) is 12.5 Å². The molecule has 1 aliphatic rings. The number of nitrogens with zero attached hydrogens (tertiary/aromatic N) is 6. The molecule has 8 nitrogen and oxygen atoms in total. The fourth-order valence-corrected chi connectivity index (χ4v) is 3.55. The minimum Gasteiger partial charge on any atom is -0.481 e. The first kappa shape index (κ1) is 15.7. The SMILES string of the molecule is COc1cc(N2CCc3[nH]cnc3[C@@H]2c2cc3c(F)cccn3n2)ncn1. The molecule has 136 valence electrons. The number of ether oxygens (including phenoxy) is 1. The van der Waals surface area contributed by atoms with Crippen LogP contribution in [0.4, 0.5) is 10.2 Å². The van der Waals surface area contributed by atoms with Gasteiger partial charge in [-0.25, -0.2) is 23.9 Å². The fourth-order valence-electron chi connectivity index (χ4n) is 3.55. The van der Waals surface area contributed by atoms with Crippen molar-refractivity contribution in [3.8, 4) is 5.88 Å². The highest BCUT2D eigenvalue weighted by molar-refractivity contribution is 5.54. The molecule has 5 rings (SSSR count). The van der Waals surface area contributed by atoms with Crippen LogP contribution in [0.25, 0.3) is 5.52 Å². The topological polar surface area (TPSA) is 84.2 Å². The Balaban J connectivity index is 1.67. The lowest BCUT2D eigenvalue weighted by Crippen LogP contribution is -2.37. The van der Waals surface area contributed by atoms with Crippen molar-refractivity contribution in [3.05, 3.63) is 66.0 Å². The summed E-state index contributed by atoms with van der Waals surface area (Å²) in [4.78, 5) is 18.3. The van der Waals surface area contributed by atoms with Crippen LogP contribution < -0.4 is 9.64 Å². The van der Waals surface area contributed by atoms with E-state index in [0.717, 1.165) is 17.8 Å². The van der Waals surface area contributed by atoms with E-state index in [1.807, 2.05) is 0 Å². The van der Waals surface area contributed by atoms with Crippen LogP contribution in [0, 0.1) is 5.82 Å². The molecule has 1 N–H and O–H groups in total. The molecular weight excluding hydrogens is 349 g/mol. The number of anilines is 1. The highest BCUT2D eigenvalue weighted by Crippen LogP contribution is 2.36. The van der Waals surface area contributed by atoms with Crippen molar-refractivity contribution < 1.29 is 9.13 Å². The van der Waals surface area contributed by atoms with Gasteiger partial charge in [0.2, 0.25) is 5.88 Å². The number of hydrogen-bond acceptors (Lipinski definition) is 6. The largest absolute Gasteiger partial charge is 0.481 e. The Hall–Kier alpha value is -3.49. The number of aromatic nitrogens is 6. The van der Waals surface area contributed by atoms with Gasteiger partial charge in [-0.1, -0.05) is 0 Å². The molecule has 0 amide bonds. The van der Waals surface area contributed by atoms with Gasteiger partial charge in [0.25, 0.3) is 0 Å². The first-order valence-corrected chi connectivity index (χ1v) is 8.53. The maximum atomic E-state index is 14.2. The Kier molecular flexibility index (Phi) is 3.52. The van der Waals surface area contributed by atoms with E-state index in [-0.39, 0.29) is 11.9 Å². The van der Waals surface area contributed by atoms with Gasteiger partial charge >= 0.3 is 0 Å². The number of nitrogens with one attached hydrogen (secondary N) is 1. The number of aromatic amines is 1. The molecule has 0 fully saturated rings. The second-order valence-electron chi connectivity index (χ2n) is 6.29. The van der Waals surface area contributed by atoms with E-state index in [2.05, 4.69) is 29.9 Å². The van der Waals surface area contributed by atoms with Crippen molar-refractivity contribution in [1.29, 1.82) is 0 Å². The Bertz CT molecular complexity index is 1120. The summed E-state index contributed by atoms with van der Waals surface area (Å²) < 4.78 is 21.0. The summed E-state index contributed by atoms with van der Waals surface area (Å²) in [5.41, 5.74) is 3.04. The summed E-state index contributed by atoms with van der Waals surface area (Å²) in [5.74, 6) is 0.871. The molecule has 4 aromatic heterocycles. The van der Waals surface area contributed by atoms with Gasteiger partial charge in [0.1, 0.15) is 29.5 Å². The lowest BCUT2D eigenvalue weighted by molar-refractivity contribution is 0.396. The van der Waals surface area contributed by atoms with Gasteiger partial charge in [0, 0.05) is 30.9 Å². The average Bonchev–Trinajstić information content (AvgIpc) is 3.34. The highest BCUT2D eigenvalue weighted by Gasteiger charge is 2.34. The number of fused-ring (bicyclic) bond motifs is 2. The van der Waals surface area contributed by atoms with Crippen molar-refractivity contribution in [2.75, 3.05) is 18.6 Å². The molecule has 0 radical (unpaired) electrons. The lowest BCUT2D eigenvalue weighted by Gasteiger charge is -2.34. The fraction of sp³-hybridized carbons (Fsp3) is 0.222. The number of halogens is 1. The smallest absolute Gasteiger partial charge is 0.218 e. The maximum Gasteiger partial charge on any atom is 0.218 e. The average molecular weight is 365 g/mol. The van der Waals surface area contributed by atoms with Crippen molar-refractivity contribution in [1.82, 2.24) is 29.5 Å². The first-order chi connectivity index (χ1) is 13.2. The molecule has 0 bridgehead atoms. The van der Waals surface area contributed by atoms with Crippen LogP contribution in [0.3, 0.4) is 0 Å². The Labute approximate surface area is 153 Å². The zero-order chi connectivity index (χ0) is 18.4. The number of imidazole rings is 1. The molecule has 1 atom stereocenters. The van der Waals surface area contributed by atoms with Crippen LogP contribution in [0.1, 0.15) is 23.1 Å². The van der Waals surface area contributed by atoms with E-state index in [4.69, 9.17) is 4.74 Å². The van der Waals surface area contributed by atoms with Crippen LogP contribution in [0.2, 0.25) is 0 Å². The van der Waals surface area contributed by atoms with Gasteiger partial charge in [0.15, 0.2) is 0 Å². The van der Waals surface area contributed by atoms with E-state index < -0.39 is 0 Å². The van der Waals surface area contributed by atoms with Crippen LogP contribution in [-0.2, 0) is 6.42 Å². The van der Waals surface area contributed by atoms with Gasteiger partial charge in [-0.15, -0.1) is 0 Å². The van der Waals surface area contributed by atoms with Crippen LogP contribution in [0.5, 0.6) is 5.88 Å². The van der Waals surface area contributed by atoms with E-state index >= 15 is 0 Å². The monoisotopic (exact) mass is 365 g/mol. The third-order valence-corrected chi connectivity index (χ3v) is 4.81. The van der Waals surface area contributed by atoms with E-state index in [1.165, 1.54) is 12.4 Å². The summed E-state index contributed by atoms with van der Waals surface area (Å²) in [6, 6.07) is 6.30. The molecule has 0 aliphatic carbocycles. The molecule has 0 saturated carbocycles. The molecule has 4 aromatic rings. The van der Waals surface area contributed by atoms with Crippen LogP contribution in [0.15, 0.2) is 43.1 Å². The van der Waals surface area contributed by atoms with Gasteiger partial charge in [0.05, 0.1) is 24.8 Å². The van der Waals surface area contributed by atoms with E-state index in [0.29, 0.717) is 29.5 Å². The summed E-state index contributed by atoms with van der Waals surface area (Å²) in [7, 11) is 1.57. The number of rotatable bonds is 3. The van der Waals surface area contributed by atoms with Gasteiger partial charge in [-0.3, -0.25) is 0 Å². The van der Waals surface area contributed by atoms with Crippen LogP contribution in [-0.4, -0.2) is 43.2 Å². The molecule has 0 spiro atoms. The van der Waals surface area contributed by atoms with Crippen molar-refractivity contribution in [2.24, 2.45) is 0 Å². The quantitative estimate of drug-likeness (QED) is 0.599. The predicted octanol–water partition coefficient (Wildman–Crippen LogP) is 2.15. The lowest BCUT2D eigenvalue weighted by atomic mass is 9.99. The number of H-pyrrole nitrogens is 1. The minimum atomic E-state index is -0.315. The number of methoxy groups -OCH3 is 1. The highest BCUT2D eigenvalue weighted by atomic mass is 19.1. The van der Waals surface area contributed by atoms with Gasteiger partial charge in [-0.05, 0) is 18.2 Å². The molecular formula is C18H16FN7O. The molecule has 27 heavy (non-hydrogen) atoms. The van der Waals surface area contributed by atoms with Gasteiger partial charge < -0.3 is 14.6 Å². The first-order valence-electron chi connectivity index (χ1n) is 8.53.